The van der Waals surface area contributed by atoms with Crippen molar-refractivity contribution >= 4 is 34.2 Å². The minimum absolute atomic E-state index is 0.0315. The smallest absolute Gasteiger partial charge is 0.307 e. The summed E-state index contributed by atoms with van der Waals surface area (Å²) in [6, 6.07) is 17.1. The molecule has 1 heterocycles. The lowest BCUT2D eigenvalue weighted by molar-refractivity contribution is -0.384. The molecule has 0 saturated heterocycles. The molecule has 0 saturated carbocycles. The van der Waals surface area contributed by atoms with Crippen LogP contribution in [0.2, 0.25) is 5.02 Å². The van der Waals surface area contributed by atoms with Crippen molar-refractivity contribution < 1.29 is 19.9 Å². The number of fused-ring (bicyclic) bond motifs is 1. The van der Waals surface area contributed by atoms with E-state index < -0.39 is 10.9 Å². The zero-order valence-electron chi connectivity index (χ0n) is 16.1. The molecule has 0 fully saturated rings. The summed E-state index contributed by atoms with van der Waals surface area (Å²) in [5.74, 6) is -1.21. The van der Waals surface area contributed by atoms with Crippen molar-refractivity contribution in [2.75, 3.05) is 0 Å². The van der Waals surface area contributed by atoms with Gasteiger partial charge >= 0.3 is 5.97 Å². The maximum atomic E-state index is 11.3. The van der Waals surface area contributed by atoms with Gasteiger partial charge in [-0.25, -0.2) is 0 Å². The number of aromatic nitrogens is 1. The van der Waals surface area contributed by atoms with Crippen molar-refractivity contribution in [2.24, 2.45) is 0 Å². The highest BCUT2D eigenvalue weighted by molar-refractivity contribution is 6.32. The number of nitro benzene ring substituents is 1. The SMILES string of the molecule is O=C(O)Cc1cc(Cl)c(O)c(-c2[nH]c3ccc([N+](=O)[O-])cc3c2Cc2ccccc2)c1. The molecule has 4 aromatic rings. The number of phenolic OH excluding ortho intramolecular Hbond substituents is 1. The van der Waals surface area contributed by atoms with Crippen molar-refractivity contribution in [1.29, 1.82) is 0 Å². The van der Waals surface area contributed by atoms with E-state index in [2.05, 4.69) is 4.98 Å². The topological polar surface area (TPSA) is 116 Å². The van der Waals surface area contributed by atoms with Gasteiger partial charge in [0.15, 0.2) is 0 Å². The van der Waals surface area contributed by atoms with Crippen LogP contribution in [0.5, 0.6) is 5.75 Å². The normalized spacial score (nSPS) is 11.0. The largest absolute Gasteiger partial charge is 0.506 e. The number of hydrogen-bond donors (Lipinski definition) is 3. The second-order valence-corrected chi connectivity index (χ2v) is 7.58. The van der Waals surface area contributed by atoms with E-state index in [1.807, 2.05) is 30.3 Å². The number of non-ortho nitro benzene ring substituents is 1. The molecule has 0 aliphatic rings. The number of rotatable bonds is 6. The first kappa shape index (κ1) is 20.4. The number of aliphatic carboxylic acids is 1. The Hall–Kier alpha value is -3.84. The number of carboxylic acid groups (broad SMARTS) is 1. The van der Waals surface area contributed by atoms with E-state index in [1.54, 1.807) is 12.1 Å². The number of nitrogens with one attached hydrogen (secondary N) is 1. The van der Waals surface area contributed by atoms with Crippen molar-refractivity contribution in [3.63, 3.8) is 0 Å². The molecule has 3 aromatic carbocycles. The average molecular weight is 437 g/mol. The van der Waals surface area contributed by atoms with Gasteiger partial charge in [0.1, 0.15) is 5.75 Å². The van der Waals surface area contributed by atoms with Crippen molar-refractivity contribution in [3.05, 3.63) is 92.5 Å². The van der Waals surface area contributed by atoms with Gasteiger partial charge in [-0.3, -0.25) is 14.9 Å². The molecule has 156 valence electrons. The third-order valence-corrected chi connectivity index (χ3v) is 5.36. The summed E-state index contributed by atoms with van der Waals surface area (Å²) >= 11 is 6.18. The quantitative estimate of drug-likeness (QED) is 0.279. The molecule has 0 unspecified atom stereocenters. The van der Waals surface area contributed by atoms with E-state index in [9.17, 15) is 20.0 Å². The van der Waals surface area contributed by atoms with Crippen LogP contribution in [0.3, 0.4) is 0 Å². The molecule has 0 aliphatic heterocycles. The fourth-order valence-corrected chi connectivity index (χ4v) is 3.93. The van der Waals surface area contributed by atoms with Crippen LogP contribution in [0, 0.1) is 10.1 Å². The van der Waals surface area contributed by atoms with E-state index in [0.717, 1.165) is 11.1 Å². The highest BCUT2D eigenvalue weighted by Crippen LogP contribution is 2.41. The molecule has 0 spiro atoms. The molecule has 31 heavy (non-hydrogen) atoms. The van der Waals surface area contributed by atoms with Crippen molar-refractivity contribution in [3.8, 4) is 17.0 Å². The van der Waals surface area contributed by atoms with Gasteiger partial charge in [0.05, 0.1) is 22.1 Å². The number of phenols is 1. The highest BCUT2D eigenvalue weighted by atomic mass is 35.5. The van der Waals surface area contributed by atoms with Gasteiger partial charge in [0, 0.05) is 35.0 Å². The molecule has 0 amide bonds. The lowest BCUT2D eigenvalue weighted by atomic mass is 9.96. The standard InChI is InChI=1S/C23H17ClN2O5/c24-19-10-14(11-21(27)28)9-18(23(19)29)22-17(8-13-4-2-1-3-5-13)16-12-15(26(30)31)6-7-20(16)25-22/h1-7,9-10,12,25,29H,8,11H2,(H,27,28). The first-order chi connectivity index (χ1) is 14.8. The van der Waals surface area contributed by atoms with Crippen LogP contribution < -0.4 is 0 Å². The first-order valence-corrected chi connectivity index (χ1v) is 9.77. The molecule has 0 bridgehead atoms. The van der Waals surface area contributed by atoms with Crippen molar-refractivity contribution in [2.45, 2.75) is 12.8 Å². The van der Waals surface area contributed by atoms with Crippen LogP contribution in [0.1, 0.15) is 16.7 Å². The van der Waals surface area contributed by atoms with Crippen LogP contribution in [0.15, 0.2) is 60.7 Å². The molecule has 0 radical (unpaired) electrons. The van der Waals surface area contributed by atoms with Gasteiger partial charge < -0.3 is 15.2 Å². The van der Waals surface area contributed by atoms with E-state index in [4.69, 9.17) is 16.7 Å². The van der Waals surface area contributed by atoms with E-state index in [1.165, 1.54) is 18.2 Å². The number of H-pyrrole nitrogens is 1. The number of halogens is 1. The lowest BCUT2D eigenvalue weighted by Crippen LogP contribution is -2.01. The Morgan fingerprint density at radius 1 is 1.06 bits per heavy atom. The summed E-state index contributed by atoms with van der Waals surface area (Å²) in [5, 5.41) is 31.8. The Labute approximate surface area is 181 Å². The first-order valence-electron chi connectivity index (χ1n) is 9.40. The summed E-state index contributed by atoms with van der Waals surface area (Å²) in [6.45, 7) is 0. The second kappa shape index (κ2) is 8.12. The van der Waals surface area contributed by atoms with Crippen LogP contribution in [-0.4, -0.2) is 26.1 Å². The number of carboxylic acids is 1. The number of aromatic amines is 1. The highest BCUT2D eigenvalue weighted by Gasteiger charge is 2.21. The van der Waals surface area contributed by atoms with Gasteiger partial charge in [-0.05, 0) is 34.9 Å². The molecular formula is C23H17ClN2O5. The van der Waals surface area contributed by atoms with Crippen LogP contribution in [0.4, 0.5) is 5.69 Å². The molecule has 0 aliphatic carbocycles. The number of aromatic hydroxyl groups is 1. The molecule has 7 nitrogen and oxygen atoms in total. The summed E-state index contributed by atoms with van der Waals surface area (Å²) in [7, 11) is 0. The molecule has 3 N–H and O–H groups in total. The summed E-state index contributed by atoms with van der Waals surface area (Å²) in [6.07, 6.45) is 0.185. The summed E-state index contributed by atoms with van der Waals surface area (Å²) < 4.78 is 0. The number of carbonyl (C=O) groups is 1. The number of nitrogens with zero attached hydrogens (tertiary/aromatic N) is 1. The Kier molecular flexibility index (Phi) is 5.35. The van der Waals surface area contributed by atoms with Crippen molar-refractivity contribution in [1.82, 2.24) is 4.98 Å². The third-order valence-electron chi connectivity index (χ3n) is 5.07. The predicted octanol–water partition coefficient (Wildman–Crippen LogP) is 5.32. The average Bonchev–Trinajstić information content (AvgIpc) is 3.08. The van der Waals surface area contributed by atoms with Gasteiger partial charge in [-0.2, -0.15) is 0 Å². The molecule has 8 heteroatoms. The number of benzene rings is 3. The van der Waals surface area contributed by atoms with Crippen LogP contribution in [0.25, 0.3) is 22.2 Å². The Balaban J connectivity index is 1.97. The Bertz CT molecular complexity index is 1310. The fourth-order valence-electron chi connectivity index (χ4n) is 3.69. The number of nitro groups is 1. The maximum Gasteiger partial charge on any atom is 0.307 e. The molecule has 4 rings (SSSR count). The molecule has 0 atom stereocenters. The Morgan fingerprint density at radius 3 is 2.48 bits per heavy atom. The number of hydrogen-bond acceptors (Lipinski definition) is 4. The monoisotopic (exact) mass is 436 g/mol. The fraction of sp³-hybridized carbons (Fsp3) is 0.0870. The zero-order valence-corrected chi connectivity index (χ0v) is 16.9. The molecule has 1 aromatic heterocycles. The Morgan fingerprint density at radius 2 is 1.81 bits per heavy atom. The summed E-state index contributed by atoms with van der Waals surface area (Å²) in [4.78, 5) is 25.3. The third kappa shape index (κ3) is 4.08. The van der Waals surface area contributed by atoms with Gasteiger partial charge in [-0.1, -0.05) is 41.9 Å². The minimum atomic E-state index is -1.02. The minimum Gasteiger partial charge on any atom is -0.506 e. The molecular weight excluding hydrogens is 420 g/mol. The van der Waals surface area contributed by atoms with Gasteiger partial charge in [0.2, 0.25) is 0 Å². The second-order valence-electron chi connectivity index (χ2n) is 7.17. The van der Waals surface area contributed by atoms with Gasteiger partial charge in [0.25, 0.3) is 5.69 Å². The van der Waals surface area contributed by atoms with E-state index >= 15 is 0 Å². The predicted molar refractivity (Wildman–Crippen MR) is 118 cm³/mol. The van der Waals surface area contributed by atoms with Gasteiger partial charge in [-0.15, -0.1) is 0 Å². The van der Waals surface area contributed by atoms with E-state index in [0.29, 0.717) is 34.1 Å². The van der Waals surface area contributed by atoms with Crippen LogP contribution >= 0.6 is 11.6 Å². The zero-order chi connectivity index (χ0) is 22.1. The maximum absolute atomic E-state index is 11.3. The lowest BCUT2D eigenvalue weighted by Gasteiger charge is -2.11. The van der Waals surface area contributed by atoms with E-state index in [-0.39, 0.29) is 22.9 Å². The summed E-state index contributed by atoms with van der Waals surface area (Å²) in [5.41, 5.74) is 3.63. The van der Waals surface area contributed by atoms with Crippen LogP contribution in [-0.2, 0) is 17.6 Å².